The maximum atomic E-state index is 13.2. The maximum Gasteiger partial charge on any atom is 0.411 e. The zero-order valence-corrected chi connectivity index (χ0v) is 18.8. The predicted octanol–water partition coefficient (Wildman–Crippen LogP) is 4.72. The molecule has 3 aromatic rings. The average Bonchev–Trinajstić information content (AvgIpc) is 3.64. The van der Waals surface area contributed by atoms with Gasteiger partial charge in [0.15, 0.2) is 0 Å². The minimum Gasteiger partial charge on any atom is -0.481 e. The van der Waals surface area contributed by atoms with E-state index in [1.807, 2.05) is 36.4 Å². The molecule has 2 fully saturated rings. The minimum atomic E-state index is -0.883. The van der Waals surface area contributed by atoms with Gasteiger partial charge in [-0.2, -0.15) is 0 Å². The van der Waals surface area contributed by atoms with Gasteiger partial charge in [-0.25, -0.2) is 4.79 Å². The Morgan fingerprint density at radius 2 is 1.69 bits per heavy atom. The summed E-state index contributed by atoms with van der Waals surface area (Å²) in [7, 11) is 0. The molecule has 2 bridgehead atoms. The molecule has 35 heavy (non-hydrogen) atoms. The first kappa shape index (κ1) is 21.5. The number of furan rings is 1. The summed E-state index contributed by atoms with van der Waals surface area (Å²) < 4.78 is 11.0. The number of carboxylic acids is 1. The summed E-state index contributed by atoms with van der Waals surface area (Å²) in [6, 6.07) is 17.2. The molecule has 8 nitrogen and oxygen atoms in total. The fourth-order valence-corrected chi connectivity index (χ4v) is 6.01. The number of carboxylic acid groups (broad SMARTS) is 1. The van der Waals surface area contributed by atoms with Crippen molar-refractivity contribution < 1.29 is 28.6 Å². The van der Waals surface area contributed by atoms with E-state index in [4.69, 9.17) is 9.15 Å². The van der Waals surface area contributed by atoms with Crippen LogP contribution in [-0.2, 0) is 9.53 Å². The van der Waals surface area contributed by atoms with Crippen molar-refractivity contribution in [3.05, 3.63) is 77.7 Å². The van der Waals surface area contributed by atoms with Gasteiger partial charge in [-0.15, -0.1) is 0 Å². The van der Waals surface area contributed by atoms with Crippen molar-refractivity contribution in [1.82, 2.24) is 4.90 Å². The molecule has 3 unspecified atom stereocenters. The standard InChI is InChI=1S/C27H24N2O6/c30-25(29-15-9-10-23(29)20(13-15)26(31)32)24-22(11-12-34-24)28-27(33)35-14-21-18-7-3-1-5-16(18)17-6-2-4-8-19(17)21/h1-8,11-12,15,20-21,23H,9-10,13-14H2,(H,28,33)(H,31,32). The maximum absolute atomic E-state index is 13.2. The summed E-state index contributed by atoms with van der Waals surface area (Å²) in [5.41, 5.74) is 4.71. The molecule has 0 spiro atoms. The van der Waals surface area contributed by atoms with Crippen LogP contribution in [0.3, 0.4) is 0 Å². The summed E-state index contributed by atoms with van der Waals surface area (Å²) >= 11 is 0. The van der Waals surface area contributed by atoms with E-state index in [0.29, 0.717) is 12.8 Å². The Hall–Kier alpha value is -4.07. The Bertz CT molecular complexity index is 1280. The number of hydrogen-bond acceptors (Lipinski definition) is 5. The molecule has 6 rings (SSSR count). The largest absolute Gasteiger partial charge is 0.481 e. The lowest BCUT2D eigenvalue weighted by atomic mass is 9.89. The molecular formula is C27H24N2O6. The van der Waals surface area contributed by atoms with Crippen LogP contribution in [0.5, 0.6) is 0 Å². The van der Waals surface area contributed by atoms with Gasteiger partial charge in [-0.1, -0.05) is 48.5 Å². The van der Waals surface area contributed by atoms with Crippen LogP contribution < -0.4 is 5.32 Å². The van der Waals surface area contributed by atoms with Crippen molar-refractivity contribution in [2.24, 2.45) is 5.92 Å². The van der Waals surface area contributed by atoms with E-state index in [0.717, 1.165) is 28.7 Å². The molecule has 178 valence electrons. The molecule has 3 heterocycles. The number of aliphatic carboxylic acids is 1. The number of ether oxygens (including phenoxy) is 1. The van der Waals surface area contributed by atoms with Gasteiger partial charge in [-0.3, -0.25) is 14.9 Å². The highest BCUT2D eigenvalue weighted by molar-refractivity contribution is 6.01. The second-order valence-corrected chi connectivity index (χ2v) is 9.31. The fourth-order valence-electron chi connectivity index (χ4n) is 6.01. The van der Waals surface area contributed by atoms with E-state index in [1.165, 1.54) is 12.3 Å². The van der Waals surface area contributed by atoms with Crippen LogP contribution in [0.2, 0.25) is 0 Å². The summed E-state index contributed by atoms with van der Waals surface area (Å²) in [4.78, 5) is 39.1. The van der Waals surface area contributed by atoms with E-state index in [2.05, 4.69) is 17.4 Å². The molecule has 2 aromatic carbocycles. The quantitative estimate of drug-likeness (QED) is 0.556. The first-order valence-electron chi connectivity index (χ1n) is 11.8. The lowest BCUT2D eigenvalue weighted by Crippen LogP contribution is -2.38. The lowest BCUT2D eigenvalue weighted by Gasteiger charge is -2.22. The predicted molar refractivity (Wildman–Crippen MR) is 126 cm³/mol. The smallest absolute Gasteiger partial charge is 0.411 e. The summed E-state index contributed by atoms with van der Waals surface area (Å²) in [5.74, 6) is -1.94. The van der Waals surface area contributed by atoms with Gasteiger partial charge in [0.1, 0.15) is 6.61 Å². The summed E-state index contributed by atoms with van der Waals surface area (Å²) in [5, 5.41) is 12.1. The van der Waals surface area contributed by atoms with Crippen molar-refractivity contribution in [2.45, 2.75) is 37.3 Å². The first-order valence-corrected chi connectivity index (χ1v) is 11.8. The number of hydrogen-bond donors (Lipinski definition) is 2. The Kier molecular flexibility index (Phi) is 5.09. The van der Waals surface area contributed by atoms with Crippen LogP contribution in [0.1, 0.15) is 46.9 Å². The second-order valence-electron chi connectivity index (χ2n) is 9.31. The number of amides is 2. The number of benzene rings is 2. The van der Waals surface area contributed by atoms with Crippen LogP contribution >= 0.6 is 0 Å². The van der Waals surface area contributed by atoms with E-state index in [-0.39, 0.29) is 36.1 Å². The Labute approximate surface area is 201 Å². The third-order valence-electron chi connectivity index (χ3n) is 7.53. The highest BCUT2D eigenvalue weighted by atomic mass is 16.5. The normalized spacial score (nSPS) is 22.1. The number of fused-ring (bicyclic) bond motifs is 5. The average molecular weight is 472 g/mol. The van der Waals surface area contributed by atoms with Crippen molar-refractivity contribution in [3.63, 3.8) is 0 Å². The molecule has 2 aliphatic heterocycles. The monoisotopic (exact) mass is 472 g/mol. The van der Waals surface area contributed by atoms with Gasteiger partial charge in [0.2, 0.25) is 5.76 Å². The first-order chi connectivity index (χ1) is 17.0. The molecule has 2 saturated heterocycles. The van der Waals surface area contributed by atoms with E-state index < -0.39 is 23.9 Å². The van der Waals surface area contributed by atoms with Gasteiger partial charge in [0.25, 0.3) is 5.91 Å². The van der Waals surface area contributed by atoms with E-state index in [1.54, 1.807) is 4.90 Å². The van der Waals surface area contributed by atoms with Gasteiger partial charge in [0, 0.05) is 24.1 Å². The minimum absolute atomic E-state index is 0.0125. The van der Waals surface area contributed by atoms with Crippen LogP contribution in [-0.4, -0.2) is 46.7 Å². The zero-order chi connectivity index (χ0) is 24.1. The highest BCUT2D eigenvalue weighted by Gasteiger charge is 2.52. The molecule has 1 aliphatic carbocycles. The summed E-state index contributed by atoms with van der Waals surface area (Å²) in [6.45, 7) is 0.150. The van der Waals surface area contributed by atoms with Crippen LogP contribution in [0, 0.1) is 5.92 Å². The molecular weight excluding hydrogens is 448 g/mol. The fraction of sp³-hybridized carbons (Fsp3) is 0.296. The number of nitrogens with one attached hydrogen (secondary N) is 1. The Morgan fingerprint density at radius 3 is 2.34 bits per heavy atom. The van der Waals surface area contributed by atoms with Crippen molar-refractivity contribution >= 4 is 23.7 Å². The van der Waals surface area contributed by atoms with Gasteiger partial charge in [0.05, 0.1) is 17.9 Å². The summed E-state index contributed by atoms with van der Waals surface area (Å²) in [6.07, 6.45) is 2.52. The Balaban J connectivity index is 1.15. The van der Waals surface area contributed by atoms with E-state index in [9.17, 15) is 19.5 Å². The number of carbonyl (C=O) groups excluding carboxylic acids is 2. The molecule has 1 aromatic heterocycles. The molecule has 8 heteroatoms. The van der Waals surface area contributed by atoms with Crippen LogP contribution in [0.15, 0.2) is 65.3 Å². The van der Waals surface area contributed by atoms with Gasteiger partial charge >= 0.3 is 12.1 Å². The molecule has 0 radical (unpaired) electrons. The molecule has 0 saturated carbocycles. The number of nitrogens with zero attached hydrogens (tertiary/aromatic N) is 1. The topological polar surface area (TPSA) is 109 Å². The number of anilines is 1. The van der Waals surface area contributed by atoms with Crippen LogP contribution in [0.25, 0.3) is 11.1 Å². The van der Waals surface area contributed by atoms with Gasteiger partial charge in [-0.05, 0) is 41.5 Å². The third-order valence-corrected chi connectivity index (χ3v) is 7.53. The van der Waals surface area contributed by atoms with Gasteiger partial charge < -0.3 is 19.2 Å². The molecule has 2 amide bonds. The van der Waals surface area contributed by atoms with Crippen LogP contribution in [0.4, 0.5) is 10.5 Å². The molecule has 3 atom stereocenters. The highest BCUT2D eigenvalue weighted by Crippen LogP contribution is 2.45. The number of carbonyl (C=O) groups is 3. The second kappa shape index (κ2) is 8.30. The lowest BCUT2D eigenvalue weighted by molar-refractivity contribution is -0.142. The van der Waals surface area contributed by atoms with Crippen molar-refractivity contribution in [2.75, 3.05) is 11.9 Å². The number of rotatable bonds is 5. The molecule has 3 aliphatic rings. The van der Waals surface area contributed by atoms with E-state index >= 15 is 0 Å². The molecule has 2 N–H and O–H groups in total. The Morgan fingerprint density at radius 1 is 1.00 bits per heavy atom. The van der Waals surface area contributed by atoms with Crippen molar-refractivity contribution in [3.8, 4) is 11.1 Å². The third kappa shape index (κ3) is 3.48. The van der Waals surface area contributed by atoms with Crippen molar-refractivity contribution in [1.29, 1.82) is 0 Å². The zero-order valence-electron chi connectivity index (χ0n) is 18.8. The SMILES string of the molecule is O=C(Nc1ccoc1C(=O)N1C2CCC1C(C(=O)O)C2)OCC1c2ccccc2-c2ccccc21.